The minimum absolute atomic E-state index is 0. The molecule has 2 rings (SSSR count). The Balaban J connectivity index is -0.000000342. The first kappa shape index (κ1) is 30.0. The van der Waals surface area contributed by atoms with E-state index < -0.39 is 0 Å². The van der Waals surface area contributed by atoms with Crippen LogP contribution in [0.15, 0.2) is 53.1 Å². The van der Waals surface area contributed by atoms with Crippen molar-refractivity contribution in [3.8, 4) is 0 Å². The van der Waals surface area contributed by atoms with Gasteiger partial charge in [0, 0.05) is 30.3 Å². The van der Waals surface area contributed by atoms with Crippen molar-refractivity contribution in [1.82, 2.24) is 0 Å². The average molecular weight is 465 g/mol. The molecule has 1 aromatic heterocycles. The van der Waals surface area contributed by atoms with Crippen molar-refractivity contribution >= 4 is 23.9 Å². The van der Waals surface area contributed by atoms with Crippen molar-refractivity contribution < 1.29 is 4.42 Å². The number of hydrogen-bond donors (Lipinski definition) is 0. The van der Waals surface area contributed by atoms with Gasteiger partial charge in [0.25, 0.3) is 0 Å². The fourth-order valence-corrected chi connectivity index (χ4v) is 1.37. The molecule has 1 heterocycles. The third-order valence-electron chi connectivity index (χ3n) is 3.58. The molecule has 0 saturated carbocycles. The molecule has 0 aliphatic rings. The molecule has 0 atom stereocenters. The fourth-order valence-electron chi connectivity index (χ4n) is 1.37. The Kier molecular flexibility index (Phi) is 30.6. The maximum atomic E-state index is 5.26. The van der Waals surface area contributed by atoms with Crippen molar-refractivity contribution in [1.29, 1.82) is 0 Å². The van der Waals surface area contributed by atoms with Gasteiger partial charge in [0.1, 0.15) is 5.76 Å². The van der Waals surface area contributed by atoms with Crippen molar-refractivity contribution in [2.45, 2.75) is 92.9 Å². The van der Waals surface area contributed by atoms with E-state index in [1.165, 1.54) is 44.1 Å². The largest absolute Gasteiger partial charge is 0.469 e. The van der Waals surface area contributed by atoms with Gasteiger partial charge in [0.15, 0.2) is 0 Å². The van der Waals surface area contributed by atoms with Gasteiger partial charge in [0.05, 0.1) is 6.26 Å². The summed E-state index contributed by atoms with van der Waals surface area (Å²) in [7, 11) is 0. The molecule has 0 fully saturated rings. The van der Waals surface area contributed by atoms with Gasteiger partial charge in [-0.2, -0.15) is 0 Å². The van der Waals surface area contributed by atoms with Crippen LogP contribution in [0.2, 0.25) is 0 Å². The zero-order valence-corrected chi connectivity index (χ0v) is 21.0. The number of hydrogen-bond acceptors (Lipinski definition) is 1. The summed E-state index contributed by atoms with van der Waals surface area (Å²) in [6.45, 7) is 13.1. The molecule has 2 heteroatoms. The normalized spacial score (nSPS) is 8.54. The van der Waals surface area contributed by atoms with E-state index in [4.69, 9.17) is 4.42 Å². The summed E-state index contributed by atoms with van der Waals surface area (Å²) in [6.07, 6.45) is 11.7. The van der Waals surface area contributed by atoms with E-state index in [9.17, 15) is 0 Å². The Morgan fingerprint density at radius 3 is 1.38 bits per heavy atom. The Morgan fingerprint density at radius 2 is 1.04 bits per heavy atom. The van der Waals surface area contributed by atoms with E-state index in [0.29, 0.717) is 0 Å². The van der Waals surface area contributed by atoms with E-state index in [0.717, 1.165) is 18.6 Å². The summed E-state index contributed by atoms with van der Waals surface area (Å²) in [5.74, 6) is 1.06. The molecule has 0 amide bonds. The number of furan rings is 1. The topological polar surface area (TPSA) is 13.1 Å². The number of unbranched alkanes of at least 4 members (excludes halogenated alkanes) is 3. The molecular formula is C24H42OSn. The van der Waals surface area contributed by atoms with Gasteiger partial charge >= 0.3 is 0 Å². The van der Waals surface area contributed by atoms with Gasteiger partial charge in [-0.05, 0) is 24.1 Å². The van der Waals surface area contributed by atoms with Crippen LogP contribution in [0, 0.1) is 0 Å². The minimum Gasteiger partial charge on any atom is -0.469 e. The second kappa shape index (κ2) is 26.5. The van der Waals surface area contributed by atoms with E-state index in [1.807, 2.05) is 18.2 Å². The first-order valence-electron chi connectivity index (χ1n) is 10.3. The van der Waals surface area contributed by atoms with Crippen LogP contribution in [-0.4, -0.2) is 23.9 Å². The third-order valence-corrected chi connectivity index (χ3v) is 3.58. The zero-order valence-electron chi connectivity index (χ0n) is 18.2. The van der Waals surface area contributed by atoms with Crippen LogP contribution in [0.3, 0.4) is 0 Å². The van der Waals surface area contributed by atoms with E-state index in [2.05, 4.69) is 65.8 Å². The maximum Gasteiger partial charge on any atom is 0.104 e. The van der Waals surface area contributed by atoms with Crippen LogP contribution in [0.25, 0.3) is 0 Å². The van der Waals surface area contributed by atoms with Gasteiger partial charge in [-0.3, -0.25) is 0 Å². The smallest absolute Gasteiger partial charge is 0.104 e. The number of aryl methyl sites for hydroxylation is 2. The molecule has 0 N–H and O–H groups in total. The Morgan fingerprint density at radius 1 is 0.577 bits per heavy atom. The predicted molar refractivity (Wildman–Crippen MR) is 120 cm³/mol. The maximum absolute atomic E-state index is 5.26. The summed E-state index contributed by atoms with van der Waals surface area (Å²) in [6, 6.07) is 14.4. The SMILES string of the molecule is CCCC.CCCC.CCCC.[Sn].c1ccc(CCc2ccco2)cc1. The summed E-state index contributed by atoms with van der Waals surface area (Å²) < 4.78 is 5.26. The van der Waals surface area contributed by atoms with Crippen LogP contribution in [0.5, 0.6) is 0 Å². The molecule has 0 spiro atoms. The van der Waals surface area contributed by atoms with Crippen LogP contribution in [0.4, 0.5) is 0 Å². The summed E-state index contributed by atoms with van der Waals surface area (Å²) in [4.78, 5) is 0. The molecule has 1 aromatic carbocycles. The van der Waals surface area contributed by atoms with E-state index in [1.54, 1.807) is 6.26 Å². The van der Waals surface area contributed by atoms with Crippen LogP contribution in [0.1, 0.15) is 91.4 Å². The molecule has 0 unspecified atom stereocenters. The standard InChI is InChI=1S/C12H12O.3C4H10.Sn/c1-2-5-11(6-3-1)8-9-12-7-4-10-13-12;3*1-3-4-2;/h1-7,10H,8-9H2;3*3-4H2,1-2H3;. The quantitative estimate of drug-likeness (QED) is 0.393. The van der Waals surface area contributed by atoms with Crippen molar-refractivity contribution in [2.75, 3.05) is 0 Å². The monoisotopic (exact) mass is 466 g/mol. The number of benzene rings is 1. The van der Waals surface area contributed by atoms with E-state index in [-0.39, 0.29) is 23.9 Å². The van der Waals surface area contributed by atoms with Crippen LogP contribution < -0.4 is 0 Å². The molecule has 0 aliphatic heterocycles. The Labute approximate surface area is 180 Å². The molecular weight excluding hydrogens is 423 g/mol. The van der Waals surface area contributed by atoms with Crippen molar-refractivity contribution in [3.63, 3.8) is 0 Å². The first-order chi connectivity index (χ1) is 12.2. The third kappa shape index (κ3) is 23.3. The fraction of sp³-hybridized carbons (Fsp3) is 0.583. The Bertz CT molecular complexity index is 407. The predicted octanol–water partition coefficient (Wildman–Crippen LogP) is 8.10. The summed E-state index contributed by atoms with van der Waals surface area (Å²) in [5.41, 5.74) is 1.36. The Hall–Kier alpha value is -0.701. The molecule has 4 radical (unpaired) electrons. The molecule has 26 heavy (non-hydrogen) atoms. The van der Waals surface area contributed by atoms with E-state index >= 15 is 0 Å². The first-order valence-corrected chi connectivity index (χ1v) is 10.3. The van der Waals surface area contributed by atoms with Gasteiger partial charge in [-0.25, -0.2) is 0 Å². The van der Waals surface area contributed by atoms with Gasteiger partial charge in [-0.1, -0.05) is 110 Å². The summed E-state index contributed by atoms with van der Waals surface area (Å²) >= 11 is 0. The van der Waals surface area contributed by atoms with Gasteiger partial charge in [0.2, 0.25) is 0 Å². The molecule has 0 aliphatic carbocycles. The molecule has 0 saturated heterocycles. The van der Waals surface area contributed by atoms with Crippen LogP contribution in [-0.2, 0) is 12.8 Å². The molecule has 148 valence electrons. The second-order valence-electron chi connectivity index (χ2n) is 6.06. The van der Waals surface area contributed by atoms with Gasteiger partial charge < -0.3 is 4.42 Å². The summed E-state index contributed by atoms with van der Waals surface area (Å²) in [5, 5.41) is 0. The zero-order chi connectivity index (χ0) is 19.2. The van der Waals surface area contributed by atoms with Crippen LogP contribution >= 0.6 is 0 Å². The molecule has 1 nitrogen and oxygen atoms in total. The minimum atomic E-state index is 0. The van der Waals surface area contributed by atoms with Crippen molar-refractivity contribution in [2.24, 2.45) is 0 Å². The average Bonchev–Trinajstić information content (AvgIpc) is 3.21. The second-order valence-corrected chi connectivity index (χ2v) is 6.06. The molecule has 0 bridgehead atoms. The van der Waals surface area contributed by atoms with Gasteiger partial charge in [-0.15, -0.1) is 0 Å². The molecule has 2 aromatic rings. The number of rotatable bonds is 6. The van der Waals surface area contributed by atoms with Crippen molar-refractivity contribution in [3.05, 3.63) is 60.1 Å².